The molecule has 0 spiro atoms. The number of nitrogens with one attached hydrogen (secondary N) is 1. The van der Waals surface area contributed by atoms with Crippen molar-refractivity contribution in [2.24, 2.45) is 0 Å². The smallest absolute Gasteiger partial charge is 0.243 e. The molecule has 11 heteroatoms. The second-order valence-electron chi connectivity index (χ2n) is 7.96. The summed E-state index contributed by atoms with van der Waals surface area (Å²) < 4.78 is 47.5. The number of sulfonamides is 1. The van der Waals surface area contributed by atoms with Crippen LogP contribution in [0.15, 0.2) is 83.9 Å². The number of carbonyl (C=O) groups is 1. The number of nitrogens with zero attached hydrogens (tertiary/aromatic N) is 3. The van der Waals surface area contributed by atoms with Gasteiger partial charge in [-0.15, -0.1) is 0 Å². The number of aromatic nitrogens is 2. The van der Waals surface area contributed by atoms with Gasteiger partial charge in [-0.2, -0.15) is 4.31 Å². The highest BCUT2D eigenvalue weighted by Crippen LogP contribution is 2.26. The lowest BCUT2D eigenvalue weighted by atomic mass is 10.1. The van der Waals surface area contributed by atoms with E-state index < -0.39 is 28.3 Å². The van der Waals surface area contributed by atoms with E-state index in [0.29, 0.717) is 22.2 Å². The van der Waals surface area contributed by atoms with Crippen LogP contribution in [-0.2, 0) is 14.8 Å². The molecule has 8 nitrogen and oxygen atoms in total. The lowest BCUT2D eigenvalue weighted by molar-refractivity contribution is -0.116. The molecule has 0 bridgehead atoms. The van der Waals surface area contributed by atoms with Crippen LogP contribution in [0.4, 0.5) is 10.3 Å². The minimum absolute atomic E-state index is 0.0288. The predicted molar refractivity (Wildman–Crippen MR) is 140 cm³/mol. The molecule has 4 rings (SSSR count). The van der Waals surface area contributed by atoms with Crippen molar-refractivity contribution < 1.29 is 22.3 Å². The Labute approximate surface area is 219 Å². The third-order valence-corrected chi connectivity index (χ3v) is 7.76. The van der Waals surface area contributed by atoms with E-state index in [1.807, 2.05) is 12.1 Å². The molecule has 0 aliphatic rings. The Morgan fingerprint density at radius 3 is 2.30 bits per heavy atom. The van der Waals surface area contributed by atoms with E-state index in [-0.39, 0.29) is 17.4 Å². The molecule has 37 heavy (non-hydrogen) atoms. The van der Waals surface area contributed by atoms with Gasteiger partial charge in [0.1, 0.15) is 11.6 Å². The minimum Gasteiger partial charge on any atom is -0.497 e. The fourth-order valence-corrected chi connectivity index (χ4v) is 5.15. The lowest BCUT2D eigenvalue weighted by Gasteiger charge is -2.20. The van der Waals surface area contributed by atoms with Crippen LogP contribution in [-0.4, -0.2) is 48.4 Å². The Morgan fingerprint density at radius 2 is 1.70 bits per heavy atom. The SMILES string of the molecule is CCN(CC(=O)Nc1nc(-c2ccc(OC)cc2)cn1-c1ccc(F)cc1)S(=O)(=O)c1ccc(Cl)cc1. The molecule has 1 amide bonds. The van der Waals surface area contributed by atoms with E-state index in [0.717, 1.165) is 9.87 Å². The van der Waals surface area contributed by atoms with Gasteiger partial charge in [-0.3, -0.25) is 14.7 Å². The number of hydrogen-bond donors (Lipinski definition) is 1. The van der Waals surface area contributed by atoms with Crippen LogP contribution >= 0.6 is 11.6 Å². The average Bonchev–Trinajstić information content (AvgIpc) is 3.31. The van der Waals surface area contributed by atoms with Gasteiger partial charge in [0.15, 0.2) is 0 Å². The van der Waals surface area contributed by atoms with E-state index in [9.17, 15) is 17.6 Å². The van der Waals surface area contributed by atoms with Gasteiger partial charge < -0.3 is 4.74 Å². The number of hydrogen-bond acceptors (Lipinski definition) is 5. The molecule has 0 unspecified atom stereocenters. The summed E-state index contributed by atoms with van der Waals surface area (Å²) in [7, 11) is -2.37. The summed E-state index contributed by atoms with van der Waals surface area (Å²) in [5.41, 5.74) is 1.87. The van der Waals surface area contributed by atoms with Gasteiger partial charge in [0, 0.05) is 29.0 Å². The maximum Gasteiger partial charge on any atom is 0.243 e. The fourth-order valence-electron chi connectivity index (χ4n) is 3.61. The van der Waals surface area contributed by atoms with Crippen LogP contribution in [0.5, 0.6) is 5.75 Å². The fraction of sp³-hybridized carbons (Fsp3) is 0.154. The van der Waals surface area contributed by atoms with E-state index in [1.54, 1.807) is 49.1 Å². The summed E-state index contributed by atoms with van der Waals surface area (Å²) in [5.74, 6) is -0.162. The molecule has 1 aromatic heterocycles. The van der Waals surface area contributed by atoms with Crippen molar-refractivity contribution in [3.63, 3.8) is 0 Å². The summed E-state index contributed by atoms with van der Waals surface area (Å²) in [6.45, 7) is 1.28. The van der Waals surface area contributed by atoms with Crippen LogP contribution in [0.25, 0.3) is 16.9 Å². The summed E-state index contributed by atoms with van der Waals surface area (Å²) in [5, 5.41) is 3.10. The molecule has 0 radical (unpaired) electrons. The third kappa shape index (κ3) is 5.99. The van der Waals surface area contributed by atoms with Crippen LogP contribution < -0.4 is 10.1 Å². The maximum atomic E-state index is 13.5. The van der Waals surface area contributed by atoms with Crippen molar-refractivity contribution >= 4 is 33.5 Å². The Kier molecular flexibility index (Phi) is 7.91. The Morgan fingerprint density at radius 1 is 1.05 bits per heavy atom. The van der Waals surface area contributed by atoms with Gasteiger partial charge in [0.25, 0.3) is 0 Å². The number of halogens is 2. The highest BCUT2D eigenvalue weighted by molar-refractivity contribution is 7.89. The molecule has 0 atom stereocenters. The standard InChI is InChI=1S/C26H24ClFN4O4S/c1-3-31(37(34,35)23-14-6-19(27)7-15-23)17-25(33)30-26-29-24(18-4-12-22(36-2)13-5-18)16-32(26)21-10-8-20(28)9-11-21/h4-16H,3,17H2,1-2H3,(H,29,30,33). The zero-order valence-electron chi connectivity index (χ0n) is 20.1. The molecule has 0 fully saturated rings. The van der Waals surface area contributed by atoms with Gasteiger partial charge in [-0.1, -0.05) is 18.5 Å². The molecular formula is C26H24ClFN4O4S. The first-order valence-electron chi connectivity index (χ1n) is 11.3. The molecular weight excluding hydrogens is 519 g/mol. The van der Waals surface area contributed by atoms with Crippen molar-refractivity contribution in [1.82, 2.24) is 13.9 Å². The minimum atomic E-state index is -3.93. The van der Waals surface area contributed by atoms with Crippen molar-refractivity contribution in [2.75, 3.05) is 25.5 Å². The number of methoxy groups -OCH3 is 1. The number of likely N-dealkylation sites (N-methyl/N-ethyl adjacent to an activating group) is 1. The highest BCUT2D eigenvalue weighted by atomic mass is 35.5. The number of anilines is 1. The molecule has 0 aliphatic heterocycles. The van der Waals surface area contributed by atoms with Crippen LogP contribution in [0, 0.1) is 5.82 Å². The largest absolute Gasteiger partial charge is 0.497 e. The van der Waals surface area contributed by atoms with Crippen molar-refractivity contribution in [3.05, 3.63) is 89.8 Å². The topological polar surface area (TPSA) is 93.5 Å². The normalized spacial score (nSPS) is 11.5. The van der Waals surface area contributed by atoms with Crippen molar-refractivity contribution in [2.45, 2.75) is 11.8 Å². The van der Waals surface area contributed by atoms with Crippen LogP contribution in [0.3, 0.4) is 0 Å². The molecule has 3 aromatic carbocycles. The monoisotopic (exact) mass is 542 g/mol. The summed E-state index contributed by atoms with van der Waals surface area (Å²) in [6.07, 6.45) is 1.70. The quantitative estimate of drug-likeness (QED) is 0.321. The lowest BCUT2D eigenvalue weighted by Crippen LogP contribution is -2.38. The second-order valence-corrected chi connectivity index (χ2v) is 10.3. The van der Waals surface area contributed by atoms with Crippen LogP contribution in [0.2, 0.25) is 5.02 Å². The van der Waals surface area contributed by atoms with Gasteiger partial charge in [-0.25, -0.2) is 17.8 Å². The van der Waals surface area contributed by atoms with Crippen molar-refractivity contribution in [1.29, 1.82) is 0 Å². The molecule has 192 valence electrons. The van der Waals surface area contributed by atoms with E-state index in [2.05, 4.69) is 10.3 Å². The summed E-state index contributed by atoms with van der Waals surface area (Å²) >= 11 is 5.88. The Balaban J connectivity index is 1.62. The molecule has 1 heterocycles. The number of ether oxygens (including phenoxy) is 1. The molecule has 0 aliphatic carbocycles. The van der Waals surface area contributed by atoms with Crippen molar-refractivity contribution in [3.8, 4) is 22.7 Å². The Bertz CT molecular complexity index is 1490. The number of amides is 1. The molecule has 0 saturated carbocycles. The second kappa shape index (κ2) is 11.1. The number of imidazole rings is 1. The predicted octanol–water partition coefficient (Wildman–Crippen LogP) is 4.99. The number of carbonyl (C=O) groups excluding carboxylic acids is 1. The van der Waals surface area contributed by atoms with Gasteiger partial charge in [-0.05, 0) is 72.8 Å². The van der Waals surface area contributed by atoms with E-state index in [1.165, 1.54) is 36.4 Å². The Hall–Kier alpha value is -3.73. The van der Waals surface area contributed by atoms with Gasteiger partial charge >= 0.3 is 0 Å². The first-order chi connectivity index (χ1) is 17.7. The highest BCUT2D eigenvalue weighted by Gasteiger charge is 2.26. The molecule has 4 aromatic rings. The summed E-state index contributed by atoms with van der Waals surface area (Å²) in [6, 6.07) is 18.6. The average molecular weight is 543 g/mol. The number of benzene rings is 3. The van der Waals surface area contributed by atoms with E-state index in [4.69, 9.17) is 16.3 Å². The maximum absolute atomic E-state index is 13.5. The first-order valence-corrected chi connectivity index (χ1v) is 13.1. The summed E-state index contributed by atoms with van der Waals surface area (Å²) in [4.78, 5) is 17.6. The zero-order valence-corrected chi connectivity index (χ0v) is 21.6. The molecule has 0 saturated heterocycles. The van der Waals surface area contributed by atoms with E-state index >= 15 is 0 Å². The first kappa shape index (κ1) is 26.3. The zero-order chi connectivity index (χ0) is 26.6. The third-order valence-electron chi connectivity index (χ3n) is 5.57. The van der Waals surface area contributed by atoms with Gasteiger partial charge in [0.2, 0.25) is 21.9 Å². The van der Waals surface area contributed by atoms with Gasteiger partial charge in [0.05, 0.1) is 24.2 Å². The van der Waals surface area contributed by atoms with Crippen LogP contribution in [0.1, 0.15) is 6.92 Å². The molecule has 1 N–H and O–H groups in total. The number of rotatable bonds is 9.